The van der Waals surface area contributed by atoms with Crippen molar-refractivity contribution in [1.82, 2.24) is 4.72 Å². The Balaban J connectivity index is 4.06. The molecule has 0 saturated carbocycles. The van der Waals surface area contributed by atoms with E-state index in [1.54, 1.807) is 0 Å². The maximum Gasteiger partial charge on any atom is 0.229 e. The fourth-order valence-corrected chi connectivity index (χ4v) is 0.960. The molecule has 1 unspecified atom stereocenters. The minimum atomic E-state index is -3.39. The molecule has 1 atom stereocenters. The zero-order valence-corrected chi connectivity index (χ0v) is 7.04. The molecule has 0 aliphatic heterocycles. The molecule has 58 valence electrons. The van der Waals surface area contributed by atoms with Gasteiger partial charge in [0, 0.05) is 0 Å². The van der Waals surface area contributed by atoms with Crippen molar-refractivity contribution in [2.24, 2.45) is 0 Å². The van der Waals surface area contributed by atoms with Crippen molar-refractivity contribution in [3.63, 3.8) is 0 Å². The van der Waals surface area contributed by atoms with Gasteiger partial charge in [0.25, 0.3) is 0 Å². The molecular weight excluding hydrogens is 174 g/mol. The van der Waals surface area contributed by atoms with Gasteiger partial charge in [-0.2, -0.15) is 0 Å². The van der Waals surface area contributed by atoms with Crippen molar-refractivity contribution in [2.45, 2.75) is 11.6 Å². The zero-order valence-electron chi connectivity index (χ0n) is 5.46. The number of rotatable bonds is 3. The average molecular weight is 182 g/mol. The van der Waals surface area contributed by atoms with E-state index in [2.05, 4.69) is 10.6 Å². The summed E-state index contributed by atoms with van der Waals surface area (Å²) in [6.07, 6.45) is 4.82. The van der Waals surface area contributed by atoms with Crippen LogP contribution in [0.5, 0.6) is 0 Å². The van der Waals surface area contributed by atoms with E-state index in [-0.39, 0.29) is 6.54 Å². The molecule has 0 aromatic heterocycles. The van der Waals surface area contributed by atoms with Gasteiger partial charge in [0.15, 0.2) is 0 Å². The quantitative estimate of drug-likeness (QED) is 0.497. The highest BCUT2D eigenvalue weighted by atomic mass is 35.5. The fourth-order valence-electron chi connectivity index (χ4n) is 0.257. The van der Waals surface area contributed by atoms with Crippen molar-refractivity contribution in [2.75, 3.05) is 6.54 Å². The summed E-state index contributed by atoms with van der Waals surface area (Å²) in [6, 6.07) is 0. The van der Waals surface area contributed by atoms with Gasteiger partial charge < -0.3 is 0 Å². The molecule has 1 N–H and O–H groups in total. The highest BCUT2D eigenvalue weighted by Gasteiger charge is 2.15. The number of terminal acetylenes is 1. The van der Waals surface area contributed by atoms with Gasteiger partial charge in [-0.25, -0.2) is 13.1 Å². The van der Waals surface area contributed by atoms with Crippen LogP contribution in [0, 0.1) is 12.3 Å². The molecule has 0 rings (SSSR count). The third-order valence-corrected chi connectivity index (χ3v) is 2.91. The van der Waals surface area contributed by atoms with Gasteiger partial charge >= 0.3 is 0 Å². The van der Waals surface area contributed by atoms with E-state index < -0.39 is 14.7 Å². The molecule has 0 amide bonds. The topological polar surface area (TPSA) is 46.2 Å². The number of hydrogen-bond acceptors (Lipinski definition) is 2. The molecule has 10 heavy (non-hydrogen) atoms. The predicted molar refractivity (Wildman–Crippen MR) is 41.1 cm³/mol. The molecule has 0 heterocycles. The molecule has 0 bridgehead atoms. The van der Waals surface area contributed by atoms with E-state index >= 15 is 0 Å². The molecule has 5 heteroatoms. The molecular formula is C5H8ClNO2S. The normalized spacial score (nSPS) is 14.1. The predicted octanol–water partition coefficient (Wildman–Crippen LogP) is 0.124. The molecule has 0 aliphatic carbocycles. The van der Waals surface area contributed by atoms with Crippen LogP contribution in [-0.4, -0.2) is 19.7 Å². The molecule has 0 spiro atoms. The first kappa shape index (κ1) is 9.76. The summed E-state index contributed by atoms with van der Waals surface area (Å²) in [5.74, 6) is 2.13. The lowest BCUT2D eigenvalue weighted by Crippen LogP contribution is -2.29. The Morgan fingerprint density at radius 1 is 1.80 bits per heavy atom. The zero-order chi connectivity index (χ0) is 8.20. The number of halogens is 1. The summed E-state index contributed by atoms with van der Waals surface area (Å²) < 4.78 is 22.7. The third-order valence-electron chi connectivity index (χ3n) is 0.803. The highest BCUT2D eigenvalue weighted by Crippen LogP contribution is 2.01. The monoisotopic (exact) mass is 181 g/mol. The molecule has 0 saturated heterocycles. The van der Waals surface area contributed by atoms with Gasteiger partial charge in [-0.05, 0) is 6.92 Å². The van der Waals surface area contributed by atoms with Crippen LogP contribution >= 0.6 is 11.6 Å². The van der Waals surface area contributed by atoms with E-state index in [9.17, 15) is 8.42 Å². The first-order valence-corrected chi connectivity index (χ1v) is 4.55. The third kappa shape index (κ3) is 3.06. The molecule has 3 nitrogen and oxygen atoms in total. The molecule has 0 radical (unpaired) electrons. The number of nitrogens with one attached hydrogen (secondary N) is 1. The second-order valence-corrected chi connectivity index (χ2v) is 4.61. The summed E-state index contributed by atoms with van der Waals surface area (Å²) >= 11 is 5.29. The minimum Gasteiger partial charge on any atom is -0.211 e. The smallest absolute Gasteiger partial charge is 0.211 e. The van der Waals surface area contributed by atoms with Crippen LogP contribution in [0.1, 0.15) is 6.92 Å². The van der Waals surface area contributed by atoms with E-state index in [4.69, 9.17) is 18.0 Å². The van der Waals surface area contributed by atoms with Crippen LogP contribution < -0.4 is 4.72 Å². The Morgan fingerprint density at radius 3 is 2.60 bits per heavy atom. The van der Waals surface area contributed by atoms with Crippen LogP contribution in [0.4, 0.5) is 0 Å². The van der Waals surface area contributed by atoms with Crippen molar-refractivity contribution in [1.29, 1.82) is 0 Å². The average Bonchev–Trinajstić information content (AvgIpc) is 1.84. The van der Waals surface area contributed by atoms with Gasteiger partial charge in [0.2, 0.25) is 10.0 Å². The highest BCUT2D eigenvalue weighted by molar-refractivity contribution is 7.91. The van der Waals surface area contributed by atoms with E-state index in [0.29, 0.717) is 0 Å². The van der Waals surface area contributed by atoms with Crippen LogP contribution in [0.2, 0.25) is 0 Å². The van der Waals surface area contributed by atoms with E-state index in [1.807, 2.05) is 0 Å². The first-order valence-electron chi connectivity index (χ1n) is 2.56. The second kappa shape index (κ2) is 3.81. The standard InChI is InChI=1S/C5H8ClNO2S/c1-3-4-7-10(8,9)5(2)6/h1,5,7H,4H2,2H3. The SMILES string of the molecule is C#CCNS(=O)(=O)C(C)Cl. The largest absolute Gasteiger partial charge is 0.229 e. The maximum atomic E-state index is 10.8. The van der Waals surface area contributed by atoms with E-state index in [0.717, 1.165) is 0 Å². The van der Waals surface area contributed by atoms with Gasteiger partial charge in [0.1, 0.15) is 4.71 Å². The summed E-state index contributed by atoms with van der Waals surface area (Å²) in [5, 5.41) is 0. The Bertz CT molecular complexity index is 227. The Kier molecular flexibility index (Phi) is 3.72. The molecule has 0 aliphatic rings. The summed E-state index contributed by atoms with van der Waals surface area (Å²) in [7, 11) is -3.39. The lowest BCUT2D eigenvalue weighted by molar-refractivity contribution is 0.584. The maximum absolute atomic E-state index is 10.8. The summed E-state index contributed by atoms with van der Waals surface area (Å²) in [5.41, 5.74) is 0. The van der Waals surface area contributed by atoms with Gasteiger partial charge in [-0.1, -0.05) is 5.92 Å². The Labute approximate surface area is 65.8 Å². The van der Waals surface area contributed by atoms with Gasteiger partial charge in [0.05, 0.1) is 6.54 Å². The van der Waals surface area contributed by atoms with Crippen molar-refractivity contribution >= 4 is 21.6 Å². The van der Waals surface area contributed by atoms with Crippen molar-refractivity contribution in [3.8, 4) is 12.3 Å². The van der Waals surface area contributed by atoms with Crippen LogP contribution in [0.3, 0.4) is 0 Å². The lowest BCUT2D eigenvalue weighted by Gasteiger charge is -2.03. The van der Waals surface area contributed by atoms with Crippen LogP contribution in [0.15, 0.2) is 0 Å². The minimum absolute atomic E-state index is 0.0145. The van der Waals surface area contributed by atoms with Crippen molar-refractivity contribution in [3.05, 3.63) is 0 Å². The lowest BCUT2D eigenvalue weighted by atomic mass is 10.7. The van der Waals surface area contributed by atoms with Crippen molar-refractivity contribution < 1.29 is 8.42 Å². The summed E-state index contributed by atoms with van der Waals surface area (Å²) in [6.45, 7) is 1.35. The number of hydrogen-bond donors (Lipinski definition) is 1. The Morgan fingerprint density at radius 2 is 2.30 bits per heavy atom. The van der Waals surface area contributed by atoms with Crippen LogP contribution in [0.25, 0.3) is 0 Å². The Hall–Kier alpha value is -0.240. The van der Waals surface area contributed by atoms with Gasteiger partial charge in [-0.15, -0.1) is 18.0 Å². The van der Waals surface area contributed by atoms with E-state index in [1.165, 1.54) is 6.92 Å². The molecule has 0 aromatic carbocycles. The van der Waals surface area contributed by atoms with Crippen LogP contribution in [-0.2, 0) is 10.0 Å². The number of alkyl halides is 1. The summed E-state index contributed by atoms with van der Waals surface area (Å²) in [4.78, 5) is 0. The first-order chi connectivity index (χ1) is 4.50. The van der Waals surface area contributed by atoms with Gasteiger partial charge in [-0.3, -0.25) is 0 Å². The molecule has 0 fully saturated rings. The second-order valence-electron chi connectivity index (χ2n) is 1.61. The fraction of sp³-hybridized carbons (Fsp3) is 0.600. The molecule has 0 aromatic rings. The number of sulfonamides is 1.